The molecule has 0 aliphatic heterocycles. The summed E-state index contributed by atoms with van der Waals surface area (Å²) in [4.78, 5) is 12.2. The number of carbonyl (C=O) groups is 1. The third-order valence-corrected chi connectivity index (χ3v) is 3.78. The predicted octanol–water partition coefficient (Wildman–Crippen LogP) is 2.50. The van der Waals surface area contributed by atoms with Gasteiger partial charge in [-0.1, -0.05) is 0 Å². The number of hydrogen-bond donors (Lipinski definition) is 1. The lowest BCUT2D eigenvalue weighted by Gasteiger charge is -2.13. The van der Waals surface area contributed by atoms with E-state index in [1.54, 1.807) is 43.3 Å². The third kappa shape index (κ3) is 5.14. The fourth-order valence-corrected chi connectivity index (χ4v) is 2.28. The van der Waals surface area contributed by atoms with Gasteiger partial charge in [0.05, 0.1) is 39.2 Å². The van der Waals surface area contributed by atoms with Crippen molar-refractivity contribution in [3.05, 3.63) is 47.5 Å². The van der Waals surface area contributed by atoms with Gasteiger partial charge in [-0.05, 0) is 37.3 Å². The molecular weight excluding hydrogens is 362 g/mol. The molecule has 0 aliphatic rings. The molecule has 1 N–H and O–H groups in total. The van der Waals surface area contributed by atoms with Crippen LogP contribution in [0.4, 0.5) is 0 Å². The number of hydrazone groups is 1. The lowest BCUT2D eigenvalue weighted by Crippen LogP contribution is -2.33. The first kappa shape index (κ1) is 20.6. The standard InChI is InChI=1S/C20H21N3O5/c1-13(28-16-7-5-14(11-21)6-8-16)20(24)23-22-12-15-9-18(26-3)19(27-4)10-17(15)25-2/h5-10,12-13H,1-4H3,(H,23,24)/b22-12+. The number of nitrogens with zero attached hydrogens (tertiary/aromatic N) is 2. The predicted molar refractivity (Wildman–Crippen MR) is 103 cm³/mol. The van der Waals surface area contributed by atoms with Gasteiger partial charge in [-0.3, -0.25) is 4.79 Å². The number of ether oxygens (including phenoxy) is 4. The van der Waals surface area contributed by atoms with Crippen molar-refractivity contribution in [2.24, 2.45) is 5.10 Å². The van der Waals surface area contributed by atoms with E-state index < -0.39 is 12.0 Å². The van der Waals surface area contributed by atoms with E-state index in [0.29, 0.717) is 34.1 Å². The molecule has 28 heavy (non-hydrogen) atoms. The van der Waals surface area contributed by atoms with E-state index in [2.05, 4.69) is 10.5 Å². The minimum atomic E-state index is -0.780. The molecule has 0 saturated carbocycles. The third-order valence-electron chi connectivity index (χ3n) is 3.78. The molecule has 1 amide bonds. The van der Waals surface area contributed by atoms with Crippen LogP contribution < -0.4 is 24.4 Å². The fourth-order valence-electron chi connectivity index (χ4n) is 2.28. The zero-order valence-electron chi connectivity index (χ0n) is 16.1. The van der Waals surface area contributed by atoms with E-state index in [1.165, 1.54) is 27.5 Å². The van der Waals surface area contributed by atoms with Crippen LogP contribution in [0.3, 0.4) is 0 Å². The molecule has 0 radical (unpaired) electrons. The van der Waals surface area contributed by atoms with Crippen molar-refractivity contribution >= 4 is 12.1 Å². The second-order valence-electron chi connectivity index (χ2n) is 5.58. The van der Waals surface area contributed by atoms with Crippen LogP contribution in [0.2, 0.25) is 0 Å². The summed E-state index contributed by atoms with van der Waals surface area (Å²) in [5, 5.41) is 12.7. The van der Waals surface area contributed by atoms with Gasteiger partial charge in [-0.15, -0.1) is 0 Å². The van der Waals surface area contributed by atoms with E-state index in [4.69, 9.17) is 24.2 Å². The minimum absolute atomic E-state index is 0.431. The Morgan fingerprint density at radius 3 is 2.25 bits per heavy atom. The number of methoxy groups -OCH3 is 3. The molecule has 1 unspecified atom stereocenters. The maximum absolute atomic E-state index is 12.2. The SMILES string of the molecule is COc1cc(OC)c(OC)cc1/C=N/NC(=O)C(C)Oc1ccc(C#N)cc1. The summed E-state index contributed by atoms with van der Waals surface area (Å²) in [5.74, 6) is 1.59. The van der Waals surface area contributed by atoms with E-state index >= 15 is 0 Å². The van der Waals surface area contributed by atoms with Crippen LogP contribution in [-0.4, -0.2) is 39.6 Å². The molecule has 8 heteroatoms. The Bertz CT molecular complexity index is 888. The summed E-state index contributed by atoms with van der Waals surface area (Å²) in [6.45, 7) is 1.60. The Balaban J connectivity index is 2.02. The Hall–Kier alpha value is -3.73. The van der Waals surface area contributed by atoms with E-state index in [1.807, 2.05) is 6.07 Å². The van der Waals surface area contributed by atoms with Gasteiger partial charge in [0.1, 0.15) is 11.5 Å². The number of nitriles is 1. The van der Waals surface area contributed by atoms with Crippen LogP contribution in [-0.2, 0) is 4.79 Å². The van der Waals surface area contributed by atoms with Crippen LogP contribution in [0.1, 0.15) is 18.1 Å². The van der Waals surface area contributed by atoms with Crippen molar-refractivity contribution in [1.29, 1.82) is 5.26 Å². The zero-order chi connectivity index (χ0) is 20.5. The highest BCUT2D eigenvalue weighted by atomic mass is 16.5. The summed E-state index contributed by atoms with van der Waals surface area (Å²) in [5.41, 5.74) is 3.53. The molecule has 0 saturated heterocycles. The van der Waals surface area contributed by atoms with Crippen molar-refractivity contribution < 1.29 is 23.7 Å². The summed E-state index contributed by atoms with van der Waals surface area (Å²) < 4.78 is 21.3. The van der Waals surface area contributed by atoms with Crippen molar-refractivity contribution in [2.45, 2.75) is 13.0 Å². The van der Waals surface area contributed by atoms with Crippen LogP contribution in [0.15, 0.2) is 41.5 Å². The Morgan fingerprint density at radius 1 is 1.07 bits per heavy atom. The maximum Gasteiger partial charge on any atom is 0.280 e. The number of nitrogens with one attached hydrogen (secondary N) is 1. The van der Waals surface area contributed by atoms with Crippen molar-refractivity contribution in [2.75, 3.05) is 21.3 Å². The molecule has 0 heterocycles. The normalized spacial score (nSPS) is 11.4. The average molecular weight is 383 g/mol. The number of benzene rings is 2. The molecule has 0 bridgehead atoms. The molecule has 2 aromatic rings. The van der Waals surface area contributed by atoms with Gasteiger partial charge in [-0.2, -0.15) is 10.4 Å². The summed E-state index contributed by atoms with van der Waals surface area (Å²) >= 11 is 0. The summed E-state index contributed by atoms with van der Waals surface area (Å²) in [7, 11) is 4.57. The lowest BCUT2D eigenvalue weighted by molar-refractivity contribution is -0.127. The van der Waals surface area contributed by atoms with E-state index in [0.717, 1.165) is 0 Å². The van der Waals surface area contributed by atoms with Gasteiger partial charge in [0, 0.05) is 11.6 Å². The Labute approximate surface area is 163 Å². The van der Waals surface area contributed by atoms with Crippen molar-refractivity contribution in [3.63, 3.8) is 0 Å². The second-order valence-corrected chi connectivity index (χ2v) is 5.58. The molecule has 0 fully saturated rings. The van der Waals surface area contributed by atoms with E-state index in [9.17, 15) is 4.79 Å². The first-order valence-corrected chi connectivity index (χ1v) is 8.32. The van der Waals surface area contributed by atoms with Gasteiger partial charge < -0.3 is 18.9 Å². The monoisotopic (exact) mass is 383 g/mol. The lowest BCUT2D eigenvalue weighted by atomic mass is 10.2. The summed E-state index contributed by atoms with van der Waals surface area (Å²) in [6.07, 6.45) is 0.657. The number of rotatable bonds is 8. The molecular formula is C20H21N3O5. The van der Waals surface area contributed by atoms with Crippen molar-refractivity contribution in [3.8, 4) is 29.1 Å². The molecule has 8 nitrogen and oxygen atoms in total. The summed E-state index contributed by atoms with van der Waals surface area (Å²) in [6, 6.07) is 11.8. The van der Waals surface area contributed by atoms with Crippen molar-refractivity contribution in [1.82, 2.24) is 5.43 Å². The van der Waals surface area contributed by atoms with Crippen LogP contribution in [0, 0.1) is 11.3 Å². The first-order chi connectivity index (χ1) is 13.5. The minimum Gasteiger partial charge on any atom is -0.496 e. The largest absolute Gasteiger partial charge is 0.496 e. The highest BCUT2D eigenvalue weighted by Crippen LogP contribution is 2.33. The zero-order valence-corrected chi connectivity index (χ0v) is 16.1. The molecule has 0 aliphatic carbocycles. The van der Waals surface area contributed by atoms with Gasteiger partial charge in [0.2, 0.25) is 0 Å². The van der Waals surface area contributed by atoms with Gasteiger partial charge in [-0.25, -0.2) is 5.43 Å². The molecule has 2 rings (SSSR count). The molecule has 1 atom stereocenters. The Morgan fingerprint density at radius 2 is 1.68 bits per heavy atom. The number of carbonyl (C=O) groups excluding carboxylic acids is 1. The first-order valence-electron chi connectivity index (χ1n) is 8.32. The fraction of sp³-hybridized carbons (Fsp3) is 0.250. The van der Waals surface area contributed by atoms with E-state index in [-0.39, 0.29) is 0 Å². The molecule has 2 aromatic carbocycles. The number of amides is 1. The average Bonchev–Trinajstić information content (AvgIpc) is 2.73. The highest BCUT2D eigenvalue weighted by Gasteiger charge is 2.14. The Kier molecular flexibility index (Phi) is 7.22. The van der Waals surface area contributed by atoms with Crippen LogP contribution in [0.5, 0.6) is 23.0 Å². The smallest absolute Gasteiger partial charge is 0.280 e. The highest BCUT2D eigenvalue weighted by molar-refractivity contribution is 5.87. The molecule has 0 spiro atoms. The van der Waals surface area contributed by atoms with Gasteiger partial charge >= 0.3 is 0 Å². The maximum atomic E-state index is 12.2. The number of hydrogen-bond acceptors (Lipinski definition) is 7. The molecule has 146 valence electrons. The quantitative estimate of drug-likeness (QED) is 0.555. The van der Waals surface area contributed by atoms with Crippen LogP contribution >= 0.6 is 0 Å². The van der Waals surface area contributed by atoms with Crippen LogP contribution in [0.25, 0.3) is 0 Å². The molecule has 0 aromatic heterocycles. The second kappa shape index (κ2) is 9.83. The van der Waals surface area contributed by atoms with Gasteiger partial charge in [0.25, 0.3) is 5.91 Å². The van der Waals surface area contributed by atoms with Gasteiger partial charge in [0.15, 0.2) is 17.6 Å². The topological polar surface area (TPSA) is 102 Å².